The van der Waals surface area contributed by atoms with Crippen molar-refractivity contribution in [1.82, 2.24) is 10.1 Å². The molecule has 0 saturated carbocycles. The highest BCUT2D eigenvalue weighted by molar-refractivity contribution is 5.89. The van der Waals surface area contributed by atoms with Crippen LogP contribution in [-0.2, 0) is 11.3 Å². The number of aromatic nitrogens is 2. The van der Waals surface area contributed by atoms with Gasteiger partial charge in [-0.2, -0.15) is 4.98 Å². The highest BCUT2D eigenvalue weighted by Crippen LogP contribution is 2.30. The number of methoxy groups -OCH3 is 1. The summed E-state index contributed by atoms with van der Waals surface area (Å²) in [6, 6.07) is 5.16. The molecule has 0 fully saturated rings. The van der Waals surface area contributed by atoms with Crippen molar-refractivity contribution in [2.24, 2.45) is 5.73 Å². The Bertz CT molecular complexity index is 594. The number of nitrogens with zero attached hydrogens (tertiary/aromatic N) is 2. The summed E-state index contributed by atoms with van der Waals surface area (Å²) in [5.74, 6) is 1.12. The number of hydrogen-bond acceptors (Lipinski definition) is 6. The molecular weight excluding hydrogens is 248 g/mol. The normalized spacial score (nSPS) is 10.3. The smallest absolute Gasteiger partial charge is 0.240 e. The Kier molecular flexibility index (Phi) is 3.76. The average Bonchev–Trinajstić information content (AvgIpc) is 2.86. The molecule has 100 valence electrons. The fraction of sp³-hybridized carbons (Fsp3) is 0.250. The maximum atomic E-state index is 11.1. The van der Waals surface area contributed by atoms with E-state index in [1.807, 2.05) is 0 Å². The fourth-order valence-electron chi connectivity index (χ4n) is 1.61. The van der Waals surface area contributed by atoms with E-state index in [2.05, 4.69) is 15.5 Å². The van der Waals surface area contributed by atoms with Crippen molar-refractivity contribution in [3.8, 4) is 17.1 Å². The number of nitrogens with two attached hydrogens (primary N) is 1. The molecule has 0 radical (unpaired) electrons. The summed E-state index contributed by atoms with van der Waals surface area (Å²) in [5.41, 5.74) is 6.67. The maximum absolute atomic E-state index is 11.1. The zero-order chi connectivity index (χ0) is 13.8. The highest BCUT2D eigenvalue weighted by Gasteiger charge is 2.14. The minimum Gasteiger partial charge on any atom is -0.496 e. The van der Waals surface area contributed by atoms with Gasteiger partial charge in [-0.15, -0.1) is 0 Å². The third kappa shape index (κ3) is 2.89. The molecule has 0 saturated heterocycles. The third-order valence-corrected chi connectivity index (χ3v) is 2.40. The lowest BCUT2D eigenvalue weighted by molar-refractivity contribution is -0.114. The van der Waals surface area contributed by atoms with Crippen LogP contribution in [0.15, 0.2) is 22.7 Å². The van der Waals surface area contributed by atoms with Crippen molar-refractivity contribution in [2.75, 3.05) is 12.4 Å². The molecule has 0 aliphatic carbocycles. The number of carbonyl (C=O) groups is 1. The molecule has 2 aromatic rings. The molecule has 0 atom stereocenters. The first kappa shape index (κ1) is 13.0. The van der Waals surface area contributed by atoms with Crippen molar-refractivity contribution < 1.29 is 14.1 Å². The Balaban J connectivity index is 2.43. The Labute approximate surface area is 109 Å². The van der Waals surface area contributed by atoms with Crippen molar-refractivity contribution in [1.29, 1.82) is 0 Å². The van der Waals surface area contributed by atoms with Crippen molar-refractivity contribution in [3.05, 3.63) is 24.1 Å². The molecule has 3 N–H and O–H groups in total. The predicted molar refractivity (Wildman–Crippen MR) is 68.5 cm³/mol. The van der Waals surface area contributed by atoms with Crippen LogP contribution in [0.2, 0.25) is 0 Å². The third-order valence-electron chi connectivity index (χ3n) is 2.40. The van der Waals surface area contributed by atoms with Gasteiger partial charge in [-0.1, -0.05) is 5.16 Å². The number of hydrogen-bond donors (Lipinski definition) is 2. The molecule has 0 unspecified atom stereocenters. The van der Waals surface area contributed by atoms with E-state index in [-0.39, 0.29) is 12.5 Å². The fourth-order valence-corrected chi connectivity index (χ4v) is 1.61. The zero-order valence-electron chi connectivity index (χ0n) is 10.6. The summed E-state index contributed by atoms with van der Waals surface area (Å²) in [6.07, 6.45) is 0. The molecule has 7 heteroatoms. The lowest BCUT2D eigenvalue weighted by atomic mass is 10.1. The van der Waals surface area contributed by atoms with E-state index in [0.717, 1.165) is 0 Å². The SMILES string of the molecule is COc1ccc(NC(C)=O)cc1-c1noc(CN)n1. The van der Waals surface area contributed by atoms with Gasteiger partial charge in [0.1, 0.15) is 5.75 Å². The van der Waals surface area contributed by atoms with Crippen molar-refractivity contribution in [3.63, 3.8) is 0 Å². The number of anilines is 1. The molecule has 0 aliphatic rings. The predicted octanol–water partition coefficient (Wildman–Crippen LogP) is 1.16. The number of carbonyl (C=O) groups excluding carboxylic acids is 1. The quantitative estimate of drug-likeness (QED) is 0.857. The Morgan fingerprint density at radius 3 is 2.89 bits per heavy atom. The Hall–Kier alpha value is -2.41. The van der Waals surface area contributed by atoms with Crippen LogP contribution in [0.4, 0.5) is 5.69 Å². The molecule has 19 heavy (non-hydrogen) atoms. The first-order chi connectivity index (χ1) is 9.13. The molecule has 0 bridgehead atoms. The second-order valence-electron chi connectivity index (χ2n) is 3.81. The van der Waals surface area contributed by atoms with Gasteiger partial charge in [0.25, 0.3) is 0 Å². The molecule has 1 heterocycles. The standard InChI is InChI=1S/C12H14N4O3/c1-7(17)14-8-3-4-10(18-2)9(5-8)12-15-11(6-13)19-16-12/h3-5H,6,13H2,1-2H3,(H,14,17). The highest BCUT2D eigenvalue weighted by atomic mass is 16.5. The number of nitrogens with one attached hydrogen (secondary N) is 1. The van der Waals surface area contributed by atoms with Crippen molar-refractivity contribution in [2.45, 2.75) is 13.5 Å². The van der Waals surface area contributed by atoms with Crippen molar-refractivity contribution >= 4 is 11.6 Å². The van der Waals surface area contributed by atoms with Gasteiger partial charge in [-0.05, 0) is 18.2 Å². The summed E-state index contributed by atoms with van der Waals surface area (Å²) in [4.78, 5) is 15.2. The first-order valence-electron chi connectivity index (χ1n) is 5.62. The van der Waals surface area contributed by atoms with E-state index in [9.17, 15) is 4.79 Å². The number of rotatable bonds is 4. The van der Waals surface area contributed by atoms with Crippen LogP contribution < -0.4 is 15.8 Å². The minimum atomic E-state index is -0.160. The summed E-state index contributed by atoms with van der Waals surface area (Å²) in [5, 5.41) is 6.51. The van der Waals surface area contributed by atoms with E-state index in [4.69, 9.17) is 15.0 Å². The summed E-state index contributed by atoms with van der Waals surface area (Å²) < 4.78 is 10.2. The van der Waals surface area contributed by atoms with Gasteiger partial charge >= 0.3 is 0 Å². The monoisotopic (exact) mass is 262 g/mol. The zero-order valence-corrected chi connectivity index (χ0v) is 10.6. The van der Waals surface area contributed by atoms with Gasteiger partial charge in [0.05, 0.1) is 19.2 Å². The lowest BCUT2D eigenvalue weighted by Crippen LogP contribution is -2.06. The molecule has 0 spiro atoms. The molecular formula is C12H14N4O3. The molecule has 1 aromatic heterocycles. The topological polar surface area (TPSA) is 103 Å². The van der Waals surface area contributed by atoms with E-state index in [0.29, 0.717) is 28.7 Å². The van der Waals surface area contributed by atoms with E-state index >= 15 is 0 Å². The molecule has 1 aromatic carbocycles. The van der Waals surface area contributed by atoms with Crippen LogP contribution in [0, 0.1) is 0 Å². The van der Waals surface area contributed by atoms with Gasteiger partial charge in [-0.3, -0.25) is 4.79 Å². The number of amides is 1. The molecule has 0 aliphatic heterocycles. The van der Waals surface area contributed by atoms with Gasteiger partial charge in [0, 0.05) is 12.6 Å². The first-order valence-corrected chi connectivity index (χ1v) is 5.62. The van der Waals surface area contributed by atoms with Crippen LogP contribution in [0.25, 0.3) is 11.4 Å². The van der Waals surface area contributed by atoms with Gasteiger partial charge in [0.2, 0.25) is 17.6 Å². The summed E-state index contributed by atoms with van der Waals surface area (Å²) >= 11 is 0. The Morgan fingerprint density at radius 1 is 1.53 bits per heavy atom. The van der Waals surface area contributed by atoms with Crippen LogP contribution in [0.1, 0.15) is 12.8 Å². The Morgan fingerprint density at radius 2 is 2.32 bits per heavy atom. The largest absolute Gasteiger partial charge is 0.496 e. The summed E-state index contributed by atoms with van der Waals surface area (Å²) in [7, 11) is 1.54. The molecule has 2 rings (SSSR count). The van der Waals surface area contributed by atoms with E-state index in [1.54, 1.807) is 25.3 Å². The number of ether oxygens (including phenoxy) is 1. The van der Waals surface area contributed by atoms with Gasteiger partial charge in [-0.25, -0.2) is 0 Å². The lowest BCUT2D eigenvalue weighted by Gasteiger charge is -2.08. The van der Waals surface area contributed by atoms with Crippen LogP contribution in [0.5, 0.6) is 5.75 Å². The number of benzene rings is 1. The summed E-state index contributed by atoms with van der Waals surface area (Å²) in [6.45, 7) is 1.60. The average molecular weight is 262 g/mol. The van der Waals surface area contributed by atoms with Gasteiger partial charge < -0.3 is 20.3 Å². The minimum absolute atomic E-state index is 0.160. The van der Waals surface area contributed by atoms with Gasteiger partial charge in [0.15, 0.2) is 0 Å². The second-order valence-corrected chi connectivity index (χ2v) is 3.81. The molecule has 1 amide bonds. The van der Waals surface area contributed by atoms with Crippen LogP contribution in [0.3, 0.4) is 0 Å². The maximum Gasteiger partial charge on any atom is 0.240 e. The van der Waals surface area contributed by atoms with Crippen LogP contribution >= 0.6 is 0 Å². The van der Waals surface area contributed by atoms with E-state index in [1.165, 1.54) is 6.92 Å². The van der Waals surface area contributed by atoms with E-state index < -0.39 is 0 Å². The van der Waals surface area contributed by atoms with Crippen LogP contribution in [-0.4, -0.2) is 23.2 Å². The second kappa shape index (κ2) is 5.49. The molecule has 7 nitrogen and oxygen atoms in total.